The van der Waals surface area contributed by atoms with E-state index < -0.39 is 37.5 Å². The van der Waals surface area contributed by atoms with E-state index in [1.165, 1.54) is 129 Å². The van der Waals surface area contributed by atoms with Crippen LogP contribution in [0.1, 0.15) is 130 Å². The van der Waals surface area contributed by atoms with Crippen LogP contribution in [0.5, 0.6) is 0 Å². The first kappa shape index (κ1) is 31.4. The molecule has 0 heterocycles. The molecular formula is C24H53FN2Nd. The predicted octanol–water partition coefficient (Wildman–Crippen LogP) is 7.98. The third kappa shape index (κ3) is 21.9. The van der Waals surface area contributed by atoms with E-state index in [4.69, 9.17) is 0 Å². The van der Waals surface area contributed by atoms with Gasteiger partial charge in [0, 0.05) is 0 Å². The van der Waals surface area contributed by atoms with Crippen molar-refractivity contribution in [3.05, 3.63) is 0 Å². The molecule has 0 unspecified atom stereocenters. The molecule has 0 spiro atoms. The summed E-state index contributed by atoms with van der Waals surface area (Å²) >= 11 is -0.811. The number of unbranched alkanes of at least 4 members (excludes halogenated alkanes) is 12. The fourth-order valence-electron chi connectivity index (χ4n) is 3.54. The van der Waals surface area contributed by atoms with E-state index in [-0.39, 0.29) is 4.70 Å². The van der Waals surface area contributed by atoms with Gasteiger partial charge in [0.15, 0.2) is 0 Å². The first-order valence-corrected chi connectivity index (χ1v) is 15.4. The van der Waals surface area contributed by atoms with Crippen LogP contribution in [-0.4, -0.2) is 28.1 Å². The average Bonchev–Trinajstić information content (AvgIpc) is 2.68. The molecule has 0 aliphatic carbocycles. The molecule has 2 nitrogen and oxygen atoms in total. The van der Waals surface area contributed by atoms with E-state index in [0.717, 1.165) is 0 Å². The molecule has 28 heavy (non-hydrogen) atoms. The summed E-state index contributed by atoms with van der Waals surface area (Å²) in [5.74, 6) is 0. The zero-order valence-electron chi connectivity index (χ0n) is 19.9. The van der Waals surface area contributed by atoms with Crippen molar-refractivity contribution in [2.75, 3.05) is 26.2 Å². The zero-order valence-corrected chi connectivity index (χ0v) is 23.2. The maximum absolute atomic E-state index is 2.98. The van der Waals surface area contributed by atoms with E-state index in [2.05, 4.69) is 29.7 Å². The molecule has 0 fully saturated rings. The first-order valence-electron chi connectivity index (χ1n) is 12.5. The summed E-state index contributed by atoms with van der Waals surface area (Å²) in [5, 5.41) is 0. The maximum Gasteiger partial charge on any atom is -0.269 e. The van der Waals surface area contributed by atoms with Gasteiger partial charge in [0.25, 0.3) is 0 Å². The fourth-order valence-corrected chi connectivity index (χ4v) is 8.14. The van der Waals surface area contributed by atoms with E-state index in [1.807, 2.05) is 0 Å². The summed E-state index contributed by atoms with van der Waals surface area (Å²) in [5.41, 5.74) is 0. The SMILES string of the molecule is CCCCCC[N](CCCCCC)[Nd][N](CCCCCC)CCCCCC.F. The van der Waals surface area contributed by atoms with Crippen molar-refractivity contribution >= 4 is 0 Å². The third-order valence-electron chi connectivity index (χ3n) is 5.41. The van der Waals surface area contributed by atoms with Crippen molar-refractivity contribution in [1.29, 1.82) is 0 Å². The second kappa shape index (κ2) is 26.2. The van der Waals surface area contributed by atoms with E-state index >= 15 is 0 Å². The number of hydrogen-bond acceptors (Lipinski definition) is 2. The van der Waals surface area contributed by atoms with Crippen molar-refractivity contribution in [3.63, 3.8) is 0 Å². The molecule has 0 aliphatic heterocycles. The third-order valence-corrected chi connectivity index (χ3v) is 10.1. The molecule has 0 aromatic carbocycles. The Bertz CT molecular complexity index is 229. The Kier molecular flexibility index (Phi) is 29.4. The summed E-state index contributed by atoms with van der Waals surface area (Å²) in [6, 6.07) is 0. The molecule has 0 saturated heterocycles. The zero-order chi connectivity index (χ0) is 20.0. The summed E-state index contributed by atoms with van der Waals surface area (Å²) in [6.45, 7) is 14.9. The van der Waals surface area contributed by atoms with Gasteiger partial charge in [-0.1, -0.05) is 0 Å². The van der Waals surface area contributed by atoms with Crippen molar-refractivity contribution in [2.45, 2.75) is 130 Å². The molecule has 170 valence electrons. The molecule has 0 saturated carbocycles. The van der Waals surface area contributed by atoms with E-state index in [1.54, 1.807) is 0 Å². The van der Waals surface area contributed by atoms with Gasteiger partial charge >= 0.3 is 196 Å². The quantitative estimate of drug-likeness (QED) is 0.130. The van der Waals surface area contributed by atoms with Crippen molar-refractivity contribution in [3.8, 4) is 0 Å². The average molecular weight is 533 g/mol. The van der Waals surface area contributed by atoms with Gasteiger partial charge in [-0.2, -0.15) is 0 Å². The van der Waals surface area contributed by atoms with Crippen molar-refractivity contribution in [2.24, 2.45) is 0 Å². The van der Waals surface area contributed by atoms with Gasteiger partial charge in [0.1, 0.15) is 0 Å². The Morgan fingerprint density at radius 3 is 0.857 bits per heavy atom. The van der Waals surface area contributed by atoms with Crippen LogP contribution in [0.4, 0.5) is 4.70 Å². The first-order chi connectivity index (χ1) is 13.3. The Labute approximate surface area is 199 Å². The van der Waals surface area contributed by atoms with Gasteiger partial charge in [-0.05, 0) is 0 Å². The molecule has 0 aromatic rings. The Hall–Kier alpha value is 1.20. The summed E-state index contributed by atoms with van der Waals surface area (Å²) < 4.78 is 5.95. The van der Waals surface area contributed by atoms with Crippen LogP contribution in [0.25, 0.3) is 0 Å². The van der Waals surface area contributed by atoms with Crippen molar-refractivity contribution in [1.82, 2.24) is 1.97 Å². The van der Waals surface area contributed by atoms with Crippen LogP contribution in [0.2, 0.25) is 0 Å². The molecule has 0 aliphatic rings. The largest absolute Gasteiger partial charge is 0.269 e. The molecule has 0 atom stereocenters. The molecule has 0 amide bonds. The molecule has 0 bridgehead atoms. The Morgan fingerprint density at radius 2 is 0.643 bits per heavy atom. The van der Waals surface area contributed by atoms with Gasteiger partial charge in [-0.15, -0.1) is 0 Å². The van der Waals surface area contributed by atoms with Gasteiger partial charge in [0.05, 0.1) is 0 Å². The molecule has 0 aromatic heterocycles. The number of rotatable bonds is 22. The van der Waals surface area contributed by atoms with Crippen molar-refractivity contribution < 1.29 is 42.2 Å². The summed E-state index contributed by atoms with van der Waals surface area (Å²) in [6.07, 6.45) is 22.7. The standard InChI is InChI=1S/2C12H26N.FH.Nd/c2*1-3-5-7-9-11-13-12-10-8-6-4-2;;/h2*3-12H2,1-2H3;1H;/q2*-1;;+2. The van der Waals surface area contributed by atoms with Gasteiger partial charge in [-0.25, -0.2) is 0 Å². The second-order valence-corrected chi connectivity index (χ2v) is 13.0. The molecule has 0 radical (unpaired) electrons. The van der Waals surface area contributed by atoms with Crippen LogP contribution in [-0.2, 0) is 0 Å². The molecule has 0 N–H and O–H groups in total. The number of halogens is 1. The monoisotopic (exact) mass is 530 g/mol. The summed E-state index contributed by atoms with van der Waals surface area (Å²) in [7, 11) is 0. The number of hydrogen-bond donors (Lipinski definition) is 0. The van der Waals surface area contributed by atoms with Gasteiger partial charge in [0.2, 0.25) is 0 Å². The smallest absolute Gasteiger partial charge is 0.269 e. The minimum absolute atomic E-state index is 0. The van der Waals surface area contributed by atoms with Crippen LogP contribution >= 0.6 is 0 Å². The van der Waals surface area contributed by atoms with E-state index in [9.17, 15) is 0 Å². The molecular weight excluding hydrogens is 480 g/mol. The van der Waals surface area contributed by atoms with Crippen LogP contribution in [0.3, 0.4) is 0 Å². The second-order valence-electron chi connectivity index (χ2n) is 8.32. The fraction of sp³-hybridized carbons (Fsp3) is 1.00. The summed E-state index contributed by atoms with van der Waals surface area (Å²) in [4.78, 5) is 0. The minimum Gasteiger partial charge on any atom is -0.269 e. The Balaban J connectivity index is 0. The molecule has 0 rings (SSSR count). The van der Waals surface area contributed by atoms with Gasteiger partial charge in [-0.3, -0.25) is 4.70 Å². The van der Waals surface area contributed by atoms with E-state index in [0.29, 0.717) is 0 Å². The number of nitrogens with zero attached hydrogens (tertiary/aromatic N) is 2. The normalized spacial score (nSPS) is 11.2. The maximum atomic E-state index is 2.98. The molecule has 4 heteroatoms. The van der Waals surface area contributed by atoms with Gasteiger partial charge < -0.3 is 0 Å². The van der Waals surface area contributed by atoms with Crippen LogP contribution in [0, 0.1) is 37.5 Å². The minimum atomic E-state index is -0.811. The van der Waals surface area contributed by atoms with Crippen LogP contribution < -0.4 is 0 Å². The van der Waals surface area contributed by atoms with Crippen LogP contribution in [0.15, 0.2) is 0 Å². The Morgan fingerprint density at radius 1 is 0.393 bits per heavy atom. The predicted molar refractivity (Wildman–Crippen MR) is 122 cm³/mol. The topological polar surface area (TPSA) is 6.48 Å².